The number of nitrogens with zero attached hydrogens (tertiary/aromatic N) is 1. The van der Waals surface area contributed by atoms with Crippen LogP contribution >= 0.6 is 0 Å². The van der Waals surface area contributed by atoms with E-state index in [1.807, 2.05) is 37.1 Å². The largest absolute Gasteiger partial charge is 0.396 e. The molecular formula is C21H28N2O2. The Balaban J connectivity index is 1.66. The van der Waals surface area contributed by atoms with E-state index in [1.165, 1.54) is 10.8 Å². The number of benzene rings is 2. The van der Waals surface area contributed by atoms with Crippen LogP contribution in [-0.4, -0.2) is 35.7 Å². The summed E-state index contributed by atoms with van der Waals surface area (Å²) in [4.78, 5) is 14.5. The van der Waals surface area contributed by atoms with Crippen molar-refractivity contribution >= 4 is 16.8 Å². The summed E-state index contributed by atoms with van der Waals surface area (Å²) in [7, 11) is 1.88. The molecule has 0 aliphatic heterocycles. The van der Waals surface area contributed by atoms with Gasteiger partial charge in [0.1, 0.15) is 0 Å². The second kappa shape index (κ2) is 7.87. The van der Waals surface area contributed by atoms with Crippen LogP contribution in [-0.2, 0) is 0 Å². The minimum Gasteiger partial charge on any atom is -0.396 e. The standard InChI is InChI=1S/C21H28N2O2/c1-15(19-9-5-7-17-6-3-4-8-20(17)19)22-21(25)23(2)18-12-10-16(14-24)11-13-18/h3-9,15-16,18,24H,10-14H2,1-2H3,(H,22,25). The summed E-state index contributed by atoms with van der Waals surface area (Å²) in [5, 5.41) is 14.8. The SMILES string of the molecule is CC(NC(=O)N(C)C1CCC(CO)CC1)c1cccc2ccccc12. The molecule has 0 radical (unpaired) electrons. The second-order valence-electron chi connectivity index (χ2n) is 7.21. The van der Waals surface area contributed by atoms with Crippen molar-refractivity contribution in [1.82, 2.24) is 10.2 Å². The number of nitrogens with one attached hydrogen (secondary N) is 1. The molecule has 1 fully saturated rings. The van der Waals surface area contributed by atoms with Gasteiger partial charge in [-0.25, -0.2) is 4.79 Å². The summed E-state index contributed by atoms with van der Waals surface area (Å²) in [5.41, 5.74) is 1.14. The van der Waals surface area contributed by atoms with E-state index in [1.54, 1.807) is 0 Å². The van der Waals surface area contributed by atoms with Crippen molar-refractivity contribution in [3.63, 3.8) is 0 Å². The zero-order chi connectivity index (χ0) is 17.8. The summed E-state index contributed by atoms with van der Waals surface area (Å²) in [6, 6.07) is 14.7. The van der Waals surface area contributed by atoms with E-state index in [9.17, 15) is 9.90 Å². The molecule has 134 valence electrons. The van der Waals surface area contributed by atoms with Crippen LogP contribution in [0.5, 0.6) is 0 Å². The van der Waals surface area contributed by atoms with E-state index in [0.29, 0.717) is 5.92 Å². The summed E-state index contributed by atoms with van der Waals surface area (Å²) >= 11 is 0. The average Bonchev–Trinajstić information content (AvgIpc) is 2.66. The van der Waals surface area contributed by atoms with E-state index in [-0.39, 0.29) is 24.7 Å². The molecule has 3 rings (SSSR count). The van der Waals surface area contributed by atoms with Gasteiger partial charge in [0, 0.05) is 19.7 Å². The first kappa shape index (κ1) is 17.7. The minimum atomic E-state index is -0.0465. The molecule has 0 saturated heterocycles. The lowest BCUT2D eigenvalue weighted by Gasteiger charge is -2.34. The van der Waals surface area contributed by atoms with Crippen LogP contribution in [0.15, 0.2) is 42.5 Å². The lowest BCUT2D eigenvalue weighted by atomic mass is 9.86. The van der Waals surface area contributed by atoms with Crippen molar-refractivity contribution < 1.29 is 9.90 Å². The Morgan fingerprint density at radius 2 is 1.84 bits per heavy atom. The van der Waals surface area contributed by atoms with E-state index in [0.717, 1.165) is 31.2 Å². The van der Waals surface area contributed by atoms with Crippen LogP contribution in [0.25, 0.3) is 10.8 Å². The van der Waals surface area contributed by atoms with Crippen molar-refractivity contribution in [3.8, 4) is 0 Å². The highest BCUT2D eigenvalue weighted by Gasteiger charge is 2.27. The molecule has 1 aliphatic rings. The van der Waals surface area contributed by atoms with Gasteiger partial charge in [0.25, 0.3) is 0 Å². The lowest BCUT2D eigenvalue weighted by molar-refractivity contribution is 0.133. The number of fused-ring (bicyclic) bond motifs is 1. The van der Waals surface area contributed by atoms with Gasteiger partial charge in [0.05, 0.1) is 6.04 Å². The van der Waals surface area contributed by atoms with Crippen LogP contribution in [0.4, 0.5) is 4.79 Å². The van der Waals surface area contributed by atoms with Gasteiger partial charge >= 0.3 is 6.03 Å². The molecule has 25 heavy (non-hydrogen) atoms. The highest BCUT2D eigenvalue weighted by molar-refractivity contribution is 5.86. The summed E-state index contributed by atoms with van der Waals surface area (Å²) < 4.78 is 0. The number of carbonyl (C=O) groups is 1. The Morgan fingerprint density at radius 1 is 1.16 bits per heavy atom. The molecule has 2 aromatic rings. The maximum atomic E-state index is 12.7. The topological polar surface area (TPSA) is 52.6 Å². The number of urea groups is 1. The first-order chi connectivity index (χ1) is 12.1. The number of amides is 2. The Kier molecular flexibility index (Phi) is 5.59. The molecule has 0 bridgehead atoms. The van der Waals surface area contributed by atoms with Crippen LogP contribution < -0.4 is 5.32 Å². The Hall–Kier alpha value is -2.07. The van der Waals surface area contributed by atoms with Gasteiger partial charge in [-0.2, -0.15) is 0 Å². The monoisotopic (exact) mass is 340 g/mol. The normalized spacial score (nSPS) is 21.7. The predicted octanol–water partition coefficient (Wildman–Crippen LogP) is 4.09. The third-order valence-electron chi connectivity index (χ3n) is 5.57. The molecule has 4 nitrogen and oxygen atoms in total. The number of aliphatic hydroxyl groups excluding tert-OH is 1. The summed E-state index contributed by atoms with van der Waals surface area (Å²) in [6.07, 6.45) is 3.94. The maximum absolute atomic E-state index is 12.7. The maximum Gasteiger partial charge on any atom is 0.317 e. The second-order valence-corrected chi connectivity index (χ2v) is 7.21. The first-order valence-electron chi connectivity index (χ1n) is 9.22. The van der Waals surface area contributed by atoms with E-state index < -0.39 is 0 Å². The number of hydrogen-bond donors (Lipinski definition) is 2. The number of aliphatic hydroxyl groups is 1. The zero-order valence-corrected chi connectivity index (χ0v) is 15.1. The smallest absolute Gasteiger partial charge is 0.317 e. The van der Waals surface area contributed by atoms with Crippen molar-refractivity contribution in [2.24, 2.45) is 5.92 Å². The Labute approximate surface area is 149 Å². The third-order valence-corrected chi connectivity index (χ3v) is 5.57. The van der Waals surface area contributed by atoms with E-state index in [2.05, 4.69) is 29.6 Å². The van der Waals surface area contributed by atoms with E-state index in [4.69, 9.17) is 0 Å². The third kappa shape index (κ3) is 3.96. The van der Waals surface area contributed by atoms with Crippen LogP contribution in [0.3, 0.4) is 0 Å². The molecule has 0 aromatic heterocycles. The van der Waals surface area contributed by atoms with Crippen LogP contribution in [0.2, 0.25) is 0 Å². The van der Waals surface area contributed by atoms with Gasteiger partial charge in [-0.15, -0.1) is 0 Å². The summed E-state index contributed by atoms with van der Waals surface area (Å²) in [5.74, 6) is 0.405. The van der Waals surface area contributed by atoms with Gasteiger partial charge in [0.2, 0.25) is 0 Å². The predicted molar refractivity (Wildman–Crippen MR) is 101 cm³/mol. The molecule has 1 aliphatic carbocycles. The summed E-state index contributed by atoms with van der Waals surface area (Å²) in [6.45, 7) is 2.30. The van der Waals surface area contributed by atoms with Crippen molar-refractivity contribution in [2.45, 2.75) is 44.7 Å². The Morgan fingerprint density at radius 3 is 2.56 bits per heavy atom. The van der Waals surface area contributed by atoms with Gasteiger partial charge in [-0.3, -0.25) is 0 Å². The molecular weight excluding hydrogens is 312 g/mol. The quantitative estimate of drug-likeness (QED) is 0.880. The highest BCUT2D eigenvalue weighted by Crippen LogP contribution is 2.28. The molecule has 4 heteroatoms. The molecule has 1 atom stereocenters. The van der Waals surface area contributed by atoms with Crippen molar-refractivity contribution in [2.75, 3.05) is 13.7 Å². The van der Waals surface area contributed by atoms with Gasteiger partial charge in [-0.05, 0) is 54.9 Å². The average molecular weight is 340 g/mol. The number of carbonyl (C=O) groups excluding carboxylic acids is 1. The fraction of sp³-hybridized carbons (Fsp3) is 0.476. The molecule has 1 saturated carbocycles. The zero-order valence-electron chi connectivity index (χ0n) is 15.1. The molecule has 1 unspecified atom stereocenters. The van der Waals surface area contributed by atoms with Crippen molar-refractivity contribution in [1.29, 1.82) is 0 Å². The Bertz CT molecular complexity index is 717. The van der Waals surface area contributed by atoms with E-state index >= 15 is 0 Å². The number of hydrogen-bond acceptors (Lipinski definition) is 2. The van der Waals surface area contributed by atoms with Crippen LogP contribution in [0, 0.1) is 5.92 Å². The fourth-order valence-corrected chi connectivity index (χ4v) is 3.87. The lowest BCUT2D eigenvalue weighted by Crippen LogP contribution is -2.45. The molecule has 2 amide bonds. The molecule has 0 heterocycles. The minimum absolute atomic E-state index is 0.0205. The van der Waals surface area contributed by atoms with Gasteiger partial charge in [-0.1, -0.05) is 42.5 Å². The fourth-order valence-electron chi connectivity index (χ4n) is 3.87. The molecule has 0 spiro atoms. The number of rotatable bonds is 4. The van der Waals surface area contributed by atoms with Gasteiger partial charge < -0.3 is 15.3 Å². The molecule has 2 aromatic carbocycles. The first-order valence-corrected chi connectivity index (χ1v) is 9.22. The molecule has 2 N–H and O–H groups in total. The van der Waals surface area contributed by atoms with Crippen LogP contribution in [0.1, 0.15) is 44.2 Å². The van der Waals surface area contributed by atoms with Crippen molar-refractivity contribution in [3.05, 3.63) is 48.0 Å². The van der Waals surface area contributed by atoms with Gasteiger partial charge in [0.15, 0.2) is 0 Å². The highest BCUT2D eigenvalue weighted by atomic mass is 16.3.